The number of rotatable bonds is 3. The van der Waals surface area contributed by atoms with Gasteiger partial charge in [-0.25, -0.2) is 0 Å². The molecule has 1 aromatic rings. The molecule has 0 saturated carbocycles. The van der Waals surface area contributed by atoms with Gasteiger partial charge in [-0.05, 0) is 39.0 Å². The first kappa shape index (κ1) is 15.1. The van der Waals surface area contributed by atoms with Crippen molar-refractivity contribution in [2.75, 3.05) is 6.54 Å². The van der Waals surface area contributed by atoms with Crippen molar-refractivity contribution in [1.82, 2.24) is 5.32 Å². The number of halogens is 1. The predicted octanol–water partition coefficient (Wildman–Crippen LogP) is 2.79. The number of carbonyl (C=O) groups is 1. The van der Waals surface area contributed by atoms with E-state index in [2.05, 4.69) is 5.32 Å². The maximum Gasteiger partial charge on any atom is 0.323 e. The molecule has 0 spiro atoms. The highest BCUT2D eigenvalue weighted by Crippen LogP contribution is 2.22. The Labute approximate surface area is 124 Å². The molecule has 4 nitrogen and oxygen atoms in total. The first-order valence-corrected chi connectivity index (χ1v) is 7.10. The summed E-state index contributed by atoms with van der Waals surface area (Å²) in [6, 6.07) is 6.95. The Kier molecular flexibility index (Phi) is 4.55. The average molecular weight is 298 g/mol. The normalized spacial score (nSPS) is 22.6. The number of ether oxygens (including phenoxy) is 2. The van der Waals surface area contributed by atoms with Gasteiger partial charge in [-0.3, -0.25) is 4.79 Å². The van der Waals surface area contributed by atoms with Crippen LogP contribution >= 0.6 is 11.6 Å². The van der Waals surface area contributed by atoms with Crippen LogP contribution in [0.3, 0.4) is 0 Å². The van der Waals surface area contributed by atoms with Gasteiger partial charge in [0.1, 0.15) is 23.5 Å². The molecule has 20 heavy (non-hydrogen) atoms. The molecule has 0 unspecified atom stereocenters. The third-order valence-corrected chi connectivity index (χ3v) is 3.12. The fourth-order valence-corrected chi connectivity index (χ4v) is 2.26. The van der Waals surface area contributed by atoms with Gasteiger partial charge in [0.15, 0.2) is 0 Å². The van der Waals surface area contributed by atoms with Crippen molar-refractivity contribution in [2.45, 2.75) is 44.9 Å². The van der Waals surface area contributed by atoms with Gasteiger partial charge in [0.05, 0.1) is 0 Å². The van der Waals surface area contributed by atoms with Crippen LogP contribution in [0.15, 0.2) is 24.3 Å². The van der Waals surface area contributed by atoms with E-state index in [1.165, 1.54) is 0 Å². The summed E-state index contributed by atoms with van der Waals surface area (Å²) in [6.45, 7) is 6.20. The topological polar surface area (TPSA) is 47.6 Å². The minimum absolute atomic E-state index is 0.0500. The van der Waals surface area contributed by atoms with Gasteiger partial charge in [-0.1, -0.05) is 17.7 Å². The highest BCUT2D eigenvalue weighted by atomic mass is 35.5. The zero-order valence-corrected chi connectivity index (χ0v) is 12.7. The average Bonchev–Trinajstić information content (AvgIpc) is 2.75. The number of hydrogen-bond donors (Lipinski definition) is 1. The van der Waals surface area contributed by atoms with E-state index in [0.29, 0.717) is 23.7 Å². The lowest BCUT2D eigenvalue weighted by molar-refractivity contribution is -0.157. The maximum absolute atomic E-state index is 12.0. The van der Waals surface area contributed by atoms with E-state index in [1.807, 2.05) is 32.9 Å². The zero-order chi connectivity index (χ0) is 14.8. The molecule has 0 aliphatic carbocycles. The van der Waals surface area contributed by atoms with Crippen LogP contribution in [0.5, 0.6) is 5.75 Å². The lowest BCUT2D eigenvalue weighted by Crippen LogP contribution is -2.37. The van der Waals surface area contributed by atoms with Gasteiger partial charge >= 0.3 is 5.97 Å². The lowest BCUT2D eigenvalue weighted by Gasteiger charge is -2.22. The van der Waals surface area contributed by atoms with Gasteiger partial charge in [0.25, 0.3) is 0 Å². The molecule has 0 bridgehead atoms. The Morgan fingerprint density at radius 1 is 1.40 bits per heavy atom. The van der Waals surface area contributed by atoms with Crippen molar-refractivity contribution < 1.29 is 14.3 Å². The standard InChI is InChI=1S/C15H20ClNO3/c1-15(2,3)20-14(18)13-8-12(9-17-13)19-11-6-4-5-10(16)7-11/h4-7,12-13,17H,8-9H2,1-3H3/t12-,13-/m0/s1. The van der Waals surface area contributed by atoms with E-state index in [1.54, 1.807) is 12.1 Å². The SMILES string of the molecule is CC(C)(C)OC(=O)[C@@H]1C[C@H](Oc2cccc(Cl)c2)CN1. The van der Waals surface area contributed by atoms with Crippen LogP contribution in [-0.4, -0.2) is 30.3 Å². The number of carbonyl (C=O) groups excluding carboxylic acids is 1. The lowest BCUT2D eigenvalue weighted by atomic mass is 10.1. The summed E-state index contributed by atoms with van der Waals surface area (Å²) in [5.74, 6) is 0.490. The van der Waals surface area contributed by atoms with E-state index in [-0.39, 0.29) is 18.1 Å². The molecule has 1 aliphatic heterocycles. The molecule has 5 heteroatoms. The summed E-state index contributed by atoms with van der Waals surface area (Å²) >= 11 is 5.91. The van der Waals surface area contributed by atoms with E-state index in [4.69, 9.17) is 21.1 Å². The Morgan fingerprint density at radius 2 is 2.15 bits per heavy atom. The molecule has 2 rings (SSSR count). The third kappa shape index (κ3) is 4.39. The Balaban J connectivity index is 1.88. The summed E-state index contributed by atoms with van der Waals surface area (Å²) in [7, 11) is 0. The second-order valence-electron chi connectivity index (χ2n) is 5.93. The van der Waals surface area contributed by atoms with Crippen molar-refractivity contribution in [3.05, 3.63) is 29.3 Å². The van der Waals surface area contributed by atoms with E-state index in [9.17, 15) is 4.79 Å². The molecule has 1 N–H and O–H groups in total. The predicted molar refractivity (Wildman–Crippen MR) is 78.1 cm³/mol. The third-order valence-electron chi connectivity index (χ3n) is 2.88. The quantitative estimate of drug-likeness (QED) is 0.872. The number of hydrogen-bond acceptors (Lipinski definition) is 4. The molecule has 1 aliphatic rings. The van der Waals surface area contributed by atoms with Crippen molar-refractivity contribution in [1.29, 1.82) is 0 Å². The van der Waals surface area contributed by atoms with Gasteiger partial charge in [-0.15, -0.1) is 0 Å². The first-order chi connectivity index (χ1) is 9.33. The maximum atomic E-state index is 12.0. The van der Waals surface area contributed by atoms with Crippen molar-refractivity contribution >= 4 is 17.6 Å². The minimum atomic E-state index is -0.468. The molecule has 0 radical (unpaired) electrons. The molecule has 2 atom stereocenters. The van der Waals surface area contributed by atoms with Crippen LogP contribution in [0.2, 0.25) is 5.02 Å². The van der Waals surface area contributed by atoms with Crippen LogP contribution in [-0.2, 0) is 9.53 Å². The summed E-state index contributed by atoms with van der Waals surface area (Å²) in [5, 5.41) is 3.77. The van der Waals surface area contributed by atoms with Crippen LogP contribution in [0.4, 0.5) is 0 Å². The molecule has 1 aromatic carbocycles. The van der Waals surface area contributed by atoms with Crippen molar-refractivity contribution in [3.63, 3.8) is 0 Å². The summed E-state index contributed by atoms with van der Waals surface area (Å²) in [4.78, 5) is 12.0. The highest BCUT2D eigenvalue weighted by Gasteiger charge is 2.33. The molecule has 1 fully saturated rings. The Morgan fingerprint density at radius 3 is 2.80 bits per heavy atom. The summed E-state index contributed by atoms with van der Waals surface area (Å²) < 4.78 is 11.2. The van der Waals surface area contributed by atoms with Gasteiger partial charge in [-0.2, -0.15) is 0 Å². The zero-order valence-electron chi connectivity index (χ0n) is 12.0. The van der Waals surface area contributed by atoms with Crippen molar-refractivity contribution in [3.8, 4) is 5.75 Å². The largest absolute Gasteiger partial charge is 0.489 e. The fourth-order valence-electron chi connectivity index (χ4n) is 2.08. The molecular weight excluding hydrogens is 278 g/mol. The van der Waals surface area contributed by atoms with Crippen LogP contribution in [0.1, 0.15) is 27.2 Å². The first-order valence-electron chi connectivity index (χ1n) is 6.72. The number of nitrogens with one attached hydrogen (secondary N) is 1. The molecule has 110 valence electrons. The molecule has 0 amide bonds. The number of benzene rings is 1. The van der Waals surface area contributed by atoms with Crippen molar-refractivity contribution in [2.24, 2.45) is 0 Å². The van der Waals surface area contributed by atoms with E-state index in [0.717, 1.165) is 0 Å². The van der Waals surface area contributed by atoms with E-state index >= 15 is 0 Å². The molecule has 1 heterocycles. The molecular formula is C15H20ClNO3. The summed E-state index contributed by atoms with van der Waals surface area (Å²) in [5.41, 5.74) is -0.468. The van der Waals surface area contributed by atoms with Gasteiger partial charge in [0.2, 0.25) is 0 Å². The fraction of sp³-hybridized carbons (Fsp3) is 0.533. The second kappa shape index (κ2) is 6.02. The second-order valence-corrected chi connectivity index (χ2v) is 6.36. The summed E-state index contributed by atoms with van der Waals surface area (Å²) in [6.07, 6.45) is 0.549. The highest BCUT2D eigenvalue weighted by molar-refractivity contribution is 6.30. The Bertz CT molecular complexity index is 484. The van der Waals surface area contributed by atoms with Crippen LogP contribution in [0.25, 0.3) is 0 Å². The number of esters is 1. The smallest absolute Gasteiger partial charge is 0.323 e. The molecule has 1 saturated heterocycles. The Hall–Kier alpha value is -1.26. The molecule has 0 aromatic heterocycles. The van der Waals surface area contributed by atoms with Crippen LogP contribution in [0, 0.1) is 0 Å². The van der Waals surface area contributed by atoms with Crippen LogP contribution < -0.4 is 10.1 Å². The monoisotopic (exact) mass is 297 g/mol. The minimum Gasteiger partial charge on any atom is -0.489 e. The van der Waals surface area contributed by atoms with E-state index < -0.39 is 5.60 Å². The van der Waals surface area contributed by atoms with Gasteiger partial charge < -0.3 is 14.8 Å². The van der Waals surface area contributed by atoms with Gasteiger partial charge in [0, 0.05) is 18.0 Å².